The van der Waals surface area contributed by atoms with Crippen LogP contribution in [0.2, 0.25) is 0 Å². The number of azo groups is 1. The van der Waals surface area contributed by atoms with Crippen molar-refractivity contribution in [2.24, 2.45) is 10.2 Å². The second kappa shape index (κ2) is 6.33. The van der Waals surface area contributed by atoms with Gasteiger partial charge in [-0.3, -0.25) is 9.59 Å². The molecule has 0 unspecified atom stereocenters. The molecule has 1 heterocycles. The number of benzene rings is 2. The summed E-state index contributed by atoms with van der Waals surface area (Å²) in [6, 6.07) is 13.5. The van der Waals surface area contributed by atoms with E-state index in [4.69, 9.17) is 0 Å². The highest BCUT2D eigenvalue weighted by molar-refractivity contribution is 5.97. The molecule has 3 rings (SSSR count). The Balaban J connectivity index is 1.82. The van der Waals surface area contributed by atoms with Gasteiger partial charge < -0.3 is 15.4 Å². The summed E-state index contributed by atoms with van der Waals surface area (Å²) in [4.78, 5) is 25.8. The van der Waals surface area contributed by atoms with Crippen LogP contribution in [0.3, 0.4) is 0 Å². The molecule has 2 aromatic carbocycles. The van der Waals surface area contributed by atoms with Crippen molar-refractivity contribution in [1.82, 2.24) is 4.98 Å². The number of hydrogen-bond acceptors (Lipinski definition) is 4. The first-order chi connectivity index (χ1) is 11.5. The molecule has 0 bridgehead atoms. The number of anilines is 1. The molecule has 3 N–H and O–H groups in total. The molecular weight excluding hydrogens is 308 g/mol. The van der Waals surface area contributed by atoms with E-state index in [-0.39, 0.29) is 17.5 Å². The predicted octanol–water partition coefficient (Wildman–Crippen LogP) is 3.76. The van der Waals surface area contributed by atoms with E-state index in [2.05, 4.69) is 20.5 Å². The molecule has 7 nitrogen and oxygen atoms in total. The van der Waals surface area contributed by atoms with E-state index in [0.29, 0.717) is 22.2 Å². The van der Waals surface area contributed by atoms with E-state index in [0.717, 1.165) is 0 Å². The average Bonchev–Trinajstić information content (AvgIpc) is 2.88. The van der Waals surface area contributed by atoms with Gasteiger partial charge in [0.05, 0.1) is 5.52 Å². The van der Waals surface area contributed by atoms with Crippen molar-refractivity contribution in [2.45, 2.75) is 6.92 Å². The van der Waals surface area contributed by atoms with Crippen LogP contribution in [0.25, 0.3) is 10.9 Å². The fraction of sp³-hybridized carbons (Fsp3) is 0.0588. The second-order valence-electron chi connectivity index (χ2n) is 5.13. The maximum absolute atomic E-state index is 12.1. The largest absolute Gasteiger partial charge is 0.493 e. The fourth-order valence-corrected chi connectivity index (χ4v) is 2.27. The van der Waals surface area contributed by atoms with Gasteiger partial charge in [0.15, 0.2) is 5.69 Å². The summed E-state index contributed by atoms with van der Waals surface area (Å²) in [6.07, 6.45) is 0. The Morgan fingerprint density at radius 1 is 1.08 bits per heavy atom. The van der Waals surface area contributed by atoms with E-state index < -0.39 is 5.91 Å². The summed E-state index contributed by atoms with van der Waals surface area (Å²) >= 11 is 0. The highest BCUT2D eigenvalue weighted by atomic mass is 16.3. The number of fused-ring (bicyclic) bond motifs is 1. The molecule has 0 aliphatic heterocycles. The molecule has 24 heavy (non-hydrogen) atoms. The van der Waals surface area contributed by atoms with Gasteiger partial charge in [-0.2, -0.15) is 0 Å². The van der Waals surface area contributed by atoms with E-state index in [1.165, 1.54) is 6.92 Å². The predicted molar refractivity (Wildman–Crippen MR) is 89.6 cm³/mol. The van der Waals surface area contributed by atoms with Crippen LogP contribution in [0.15, 0.2) is 58.8 Å². The summed E-state index contributed by atoms with van der Waals surface area (Å²) in [5.41, 5.74) is 1.84. The topological polar surface area (TPSA) is 107 Å². The van der Waals surface area contributed by atoms with Crippen LogP contribution in [0.5, 0.6) is 5.88 Å². The molecule has 1 aromatic heterocycles. The van der Waals surface area contributed by atoms with Gasteiger partial charge in [-0.1, -0.05) is 18.2 Å². The molecule has 120 valence electrons. The normalized spacial score (nSPS) is 11.0. The lowest BCUT2D eigenvalue weighted by atomic mass is 10.2. The lowest BCUT2D eigenvalue weighted by molar-refractivity contribution is -0.114. The van der Waals surface area contributed by atoms with Gasteiger partial charge in [0.2, 0.25) is 11.8 Å². The fourth-order valence-electron chi connectivity index (χ4n) is 2.27. The van der Waals surface area contributed by atoms with Crippen molar-refractivity contribution >= 4 is 34.1 Å². The average molecular weight is 322 g/mol. The third-order valence-electron chi connectivity index (χ3n) is 3.35. The number of hydrogen-bond donors (Lipinski definition) is 3. The molecule has 0 radical (unpaired) electrons. The first-order valence-electron chi connectivity index (χ1n) is 7.18. The monoisotopic (exact) mass is 322 g/mol. The lowest BCUT2D eigenvalue weighted by Gasteiger charge is -2.01. The van der Waals surface area contributed by atoms with Crippen LogP contribution in [0, 0.1) is 0 Å². The zero-order chi connectivity index (χ0) is 17.1. The van der Waals surface area contributed by atoms with Crippen molar-refractivity contribution in [3.8, 4) is 5.88 Å². The minimum atomic E-state index is -0.547. The molecule has 0 aliphatic carbocycles. The van der Waals surface area contributed by atoms with Crippen molar-refractivity contribution in [3.05, 3.63) is 54.1 Å². The van der Waals surface area contributed by atoms with Gasteiger partial charge in [0, 0.05) is 23.6 Å². The Labute approximate surface area is 137 Å². The van der Waals surface area contributed by atoms with Gasteiger partial charge in [0.1, 0.15) is 0 Å². The number of carbonyl (C=O) groups excluding carboxylic acids is 2. The number of aromatic nitrogens is 1. The van der Waals surface area contributed by atoms with Crippen LogP contribution < -0.4 is 5.32 Å². The Hall–Kier alpha value is -3.48. The van der Waals surface area contributed by atoms with Crippen molar-refractivity contribution in [1.29, 1.82) is 0 Å². The number of aromatic amines is 1. The summed E-state index contributed by atoms with van der Waals surface area (Å²) in [5, 5.41) is 20.7. The Bertz CT molecular complexity index is 942. The molecule has 0 aliphatic rings. The first kappa shape index (κ1) is 15.4. The Morgan fingerprint density at radius 2 is 1.79 bits per heavy atom. The number of rotatable bonds is 3. The third kappa shape index (κ3) is 3.14. The second-order valence-corrected chi connectivity index (χ2v) is 5.13. The van der Waals surface area contributed by atoms with Crippen LogP contribution >= 0.6 is 0 Å². The minimum absolute atomic E-state index is 0.145. The summed E-state index contributed by atoms with van der Waals surface area (Å²) < 4.78 is 0. The van der Waals surface area contributed by atoms with Crippen LogP contribution in [-0.2, 0) is 4.79 Å². The molecule has 3 aromatic rings. The van der Waals surface area contributed by atoms with Crippen LogP contribution in [0.1, 0.15) is 17.3 Å². The number of carbonyl (C=O) groups is 2. The minimum Gasteiger partial charge on any atom is -0.493 e. The van der Waals surface area contributed by atoms with Crippen LogP contribution in [-0.4, -0.2) is 21.9 Å². The Morgan fingerprint density at radius 3 is 2.50 bits per heavy atom. The van der Waals surface area contributed by atoms with Gasteiger partial charge >= 0.3 is 0 Å². The molecule has 0 spiro atoms. The smallest absolute Gasteiger partial charge is 0.295 e. The molecule has 7 heteroatoms. The zero-order valence-electron chi connectivity index (χ0n) is 12.8. The maximum atomic E-state index is 12.1. The van der Waals surface area contributed by atoms with Gasteiger partial charge in [-0.15, -0.1) is 10.2 Å². The zero-order valence-corrected chi connectivity index (χ0v) is 12.8. The molecule has 0 saturated heterocycles. The number of nitrogens with one attached hydrogen (secondary N) is 2. The van der Waals surface area contributed by atoms with Crippen molar-refractivity contribution in [3.63, 3.8) is 0 Å². The van der Waals surface area contributed by atoms with Crippen molar-refractivity contribution < 1.29 is 14.7 Å². The molecule has 0 atom stereocenters. The molecule has 0 saturated carbocycles. The van der Waals surface area contributed by atoms with E-state index in [1.54, 1.807) is 42.5 Å². The number of H-pyrrole nitrogens is 1. The highest BCUT2D eigenvalue weighted by Crippen LogP contribution is 2.35. The maximum Gasteiger partial charge on any atom is 0.295 e. The first-order valence-corrected chi connectivity index (χ1v) is 7.18. The molecular formula is C17H14N4O3. The number of aromatic hydroxyl groups is 1. The summed E-state index contributed by atoms with van der Waals surface area (Å²) in [7, 11) is 0. The summed E-state index contributed by atoms with van der Waals surface area (Å²) in [6.45, 7) is 1.40. The third-order valence-corrected chi connectivity index (χ3v) is 3.35. The molecule has 0 fully saturated rings. The Kier molecular flexibility index (Phi) is 4.07. The van der Waals surface area contributed by atoms with E-state index in [9.17, 15) is 14.7 Å². The number of para-hydroxylation sites is 1. The van der Waals surface area contributed by atoms with Gasteiger partial charge in [-0.05, 0) is 30.3 Å². The van der Waals surface area contributed by atoms with Gasteiger partial charge in [0.25, 0.3) is 5.91 Å². The van der Waals surface area contributed by atoms with E-state index >= 15 is 0 Å². The standard InChI is InChI=1S/C17H14N4O3/c1-10(22)18-12-8-6-11(7-9-12)16(23)21-20-15-13-4-2-3-5-14(13)19-17(15)24/h2-9,19,24H,1H3,(H,18,22). The lowest BCUT2D eigenvalue weighted by Crippen LogP contribution is -2.05. The van der Waals surface area contributed by atoms with E-state index in [1.807, 2.05) is 6.07 Å². The SMILES string of the molecule is CC(=O)Nc1ccc(C(=O)N=Nc2c(O)[nH]c3ccccc23)cc1. The number of amides is 2. The summed E-state index contributed by atoms with van der Waals surface area (Å²) in [5.74, 6) is -0.883. The van der Waals surface area contributed by atoms with Crippen LogP contribution in [0.4, 0.5) is 11.4 Å². The van der Waals surface area contributed by atoms with Crippen molar-refractivity contribution in [2.75, 3.05) is 5.32 Å². The van der Waals surface area contributed by atoms with Gasteiger partial charge in [-0.25, -0.2) is 0 Å². The highest BCUT2D eigenvalue weighted by Gasteiger charge is 2.11. The number of nitrogens with zero attached hydrogens (tertiary/aromatic N) is 2. The molecule has 2 amide bonds. The quantitative estimate of drug-likeness (QED) is 0.639.